The molecule has 0 aromatic heterocycles. The molecule has 2 nitrogen and oxygen atoms in total. The molecule has 0 amide bonds. The van der Waals surface area contributed by atoms with Crippen LogP contribution in [0.4, 0.5) is 0 Å². The van der Waals surface area contributed by atoms with Gasteiger partial charge in [0, 0.05) is 13.2 Å². The van der Waals surface area contributed by atoms with Crippen molar-refractivity contribution in [1.82, 2.24) is 5.32 Å². The molecule has 2 unspecified atom stereocenters. The molecule has 76 valence electrons. The van der Waals surface area contributed by atoms with Crippen molar-refractivity contribution < 1.29 is 4.74 Å². The van der Waals surface area contributed by atoms with Crippen molar-refractivity contribution in [2.75, 3.05) is 13.7 Å². The van der Waals surface area contributed by atoms with Crippen LogP contribution < -0.4 is 5.32 Å². The summed E-state index contributed by atoms with van der Waals surface area (Å²) in [6, 6.07) is 0.665. The molecular formula is C11H21NO. The second kappa shape index (κ2) is 6.17. The number of hydrogen-bond acceptors (Lipinski definition) is 2. The molecule has 0 aliphatic heterocycles. The van der Waals surface area contributed by atoms with Gasteiger partial charge in [0.05, 0.1) is 6.10 Å². The van der Waals surface area contributed by atoms with E-state index in [1.165, 1.54) is 25.7 Å². The van der Waals surface area contributed by atoms with Crippen LogP contribution in [0.2, 0.25) is 0 Å². The van der Waals surface area contributed by atoms with Gasteiger partial charge < -0.3 is 10.1 Å². The molecule has 1 aliphatic carbocycles. The number of methoxy groups -OCH3 is 1. The summed E-state index contributed by atoms with van der Waals surface area (Å²) in [6.45, 7) is 4.77. The van der Waals surface area contributed by atoms with Crippen molar-refractivity contribution in [2.24, 2.45) is 0 Å². The second-order valence-electron chi connectivity index (χ2n) is 3.75. The van der Waals surface area contributed by atoms with Crippen LogP contribution in [-0.2, 0) is 4.74 Å². The summed E-state index contributed by atoms with van der Waals surface area (Å²) < 4.78 is 5.37. The maximum atomic E-state index is 5.37. The van der Waals surface area contributed by atoms with Crippen molar-refractivity contribution >= 4 is 0 Å². The first kappa shape index (κ1) is 10.7. The van der Waals surface area contributed by atoms with Crippen molar-refractivity contribution in [2.45, 2.75) is 44.2 Å². The molecule has 1 saturated carbocycles. The number of ether oxygens (including phenoxy) is 1. The Hall–Kier alpha value is -0.340. The maximum absolute atomic E-state index is 5.37. The Morgan fingerprint density at radius 1 is 1.54 bits per heavy atom. The minimum Gasteiger partial charge on any atom is -0.381 e. The summed E-state index contributed by atoms with van der Waals surface area (Å²) in [5.41, 5.74) is 0. The molecule has 1 N–H and O–H groups in total. The summed E-state index contributed by atoms with van der Waals surface area (Å²) >= 11 is 0. The average Bonchev–Trinajstić information content (AvgIpc) is 2.19. The van der Waals surface area contributed by atoms with Crippen LogP contribution in [0, 0.1) is 0 Å². The Morgan fingerprint density at radius 3 is 3.08 bits per heavy atom. The highest BCUT2D eigenvalue weighted by Crippen LogP contribution is 2.20. The predicted octanol–water partition coefficient (Wildman–Crippen LogP) is 2.11. The molecule has 0 spiro atoms. The molecule has 1 aliphatic rings. The lowest BCUT2D eigenvalue weighted by Gasteiger charge is -2.28. The van der Waals surface area contributed by atoms with Gasteiger partial charge in [0.15, 0.2) is 0 Å². The summed E-state index contributed by atoms with van der Waals surface area (Å²) in [5, 5.41) is 3.54. The van der Waals surface area contributed by atoms with Gasteiger partial charge >= 0.3 is 0 Å². The average molecular weight is 183 g/mol. The van der Waals surface area contributed by atoms with Gasteiger partial charge in [-0.25, -0.2) is 0 Å². The number of hydrogen-bond donors (Lipinski definition) is 1. The summed E-state index contributed by atoms with van der Waals surface area (Å²) in [5.74, 6) is 0. The molecule has 2 heteroatoms. The SMILES string of the molecule is C=CCCNC1CCCC(OC)C1. The zero-order chi connectivity index (χ0) is 9.52. The highest BCUT2D eigenvalue weighted by molar-refractivity contribution is 4.79. The van der Waals surface area contributed by atoms with E-state index in [1.54, 1.807) is 0 Å². The van der Waals surface area contributed by atoms with Gasteiger partial charge in [-0.05, 0) is 38.6 Å². The molecule has 0 aromatic rings. The van der Waals surface area contributed by atoms with E-state index in [2.05, 4.69) is 11.9 Å². The second-order valence-corrected chi connectivity index (χ2v) is 3.75. The van der Waals surface area contributed by atoms with E-state index in [9.17, 15) is 0 Å². The minimum atomic E-state index is 0.481. The zero-order valence-electron chi connectivity index (χ0n) is 8.59. The van der Waals surface area contributed by atoms with Crippen molar-refractivity contribution in [1.29, 1.82) is 0 Å². The Bertz CT molecular complexity index is 147. The third kappa shape index (κ3) is 3.92. The van der Waals surface area contributed by atoms with Crippen LogP contribution in [0.25, 0.3) is 0 Å². The van der Waals surface area contributed by atoms with Gasteiger partial charge in [0.25, 0.3) is 0 Å². The third-order valence-electron chi connectivity index (χ3n) is 2.74. The lowest BCUT2D eigenvalue weighted by molar-refractivity contribution is 0.0590. The summed E-state index contributed by atoms with van der Waals surface area (Å²) in [7, 11) is 1.82. The number of rotatable bonds is 5. The van der Waals surface area contributed by atoms with Gasteiger partial charge in [-0.1, -0.05) is 6.08 Å². The van der Waals surface area contributed by atoms with E-state index < -0.39 is 0 Å². The van der Waals surface area contributed by atoms with Crippen molar-refractivity contribution in [3.05, 3.63) is 12.7 Å². The van der Waals surface area contributed by atoms with Crippen LogP contribution in [0.1, 0.15) is 32.1 Å². The van der Waals surface area contributed by atoms with Gasteiger partial charge in [0.2, 0.25) is 0 Å². The lowest BCUT2D eigenvalue weighted by atomic mass is 9.93. The third-order valence-corrected chi connectivity index (χ3v) is 2.74. The largest absolute Gasteiger partial charge is 0.381 e. The predicted molar refractivity (Wildman–Crippen MR) is 55.9 cm³/mol. The van der Waals surface area contributed by atoms with E-state index in [0.717, 1.165) is 13.0 Å². The van der Waals surface area contributed by atoms with Gasteiger partial charge in [-0.15, -0.1) is 6.58 Å². The van der Waals surface area contributed by atoms with Crippen LogP contribution in [-0.4, -0.2) is 25.8 Å². The fourth-order valence-electron chi connectivity index (χ4n) is 1.93. The van der Waals surface area contributed by atoms with Gasteiger partial charge in [-0.2, -0.15) is 0 Å². The quantitative estimate of drug-likeness (QED) is 0.520. The van der Waals surface area contributed by atoms with E-state index in [0.29, 0.717) is 12.1 Å². The monoisotopic (exact) mass is 183 g/mol. The molecule has 1 rings (SSSR count). The fraction of sp³-hybridized carbons (Fsp3) is 0.818. The smallest absolute Gasteiger partial charge is 0.0586 e. The highest BCUT2D eigenvalue weighted by Gasteiger charge is 2.20. The molecule has 0 bridgehead atoms. The Balaban J connectivity index is 2.14. The van der Waals surface area contributed by atoms with Crippen LogP contribution >= 0.6 is 0 Å². The molecule has 0 heterocycles. The maximum Gasteiger partial charge on any atom is 0.0586 e. The molecule has 2 atom stereocenters. The summed E-state index contributed by atoms with van der Waals surface area (Å²) in [4.78, 5) is 0. The Morgan fingerprint density at radius 2 is 2.38 bits per heavy atom. The first-order chi connectivity index (χ1) is 6.36. The van der Waals surface area contributed by atoms with Gasteiger partial charge in [-0.3, -0.25) is 0 Å². The fourth-order valence-corrected chi connectivity index (χ4v) is 1.93. The van der Waals surface area contributed by atoms with E-state index in [-0.39, 0.29) is 0 Å². The normalized spacial score (nSPS) is 28.7. The van der Waals surface area contributed by atoms with E-state index >= 15 is 0 Å². The minimum absolute atomic E-state index is 0.481. The molecule has 0 radical (unpaired) electrons. The Kier molecular flexibility index (Phi) is 5.09. The van der Waals surface area contributed by atoms with Crippen LogP contribution in [0.3, 0.4) is 0 Å². The lowest BCUT2D eigenvalue weighted by Crippen LogP contribution is -2.37. The Labute approximate surface area is 81.4 Å². The van der Waals surface area contributed by atoms with E-state index in [4.69, 9.17) is 4.74 Å². The molecule has 13 heavy (non-hydrogen) atoms. The standard InChI is InChI=1S/C11H21NO/c1-3-4-8-12-10-6-5-7-11(9-10)13-2/h3,10-12H,1,4-9H2,2H3. The summed E-state index contributed by atoms with van der Waals surface area (Å²) in [6.07, 6.45) is 8.51. The molecule has 0 saturated heterocycles. The van der Waals surface area contributed by atoms with Crippen LogP contribution in [0.5, 0.6) is 0 Å². The van der Waals surface area contributed by atoms with Crippen LogP contribution in [0.15, 0.2) is 12.7 Å². The molecule has 1 fully saturated rings. The number of nitrogens with one attached hydrogen (secondary N) is 1. The first-order valence-corrected chi connectivity index (χ1v) is 5.24. The van der Waals surface area contributed by atoms with Gasteiger partial charge in [0.1, 0.15) is 0 Å². The first-order valence-electron chi connectivity index (χ1n) is 5.24. The molecular weight excluding hydrogens is 162 g/mol. The zero-order valence-corrected chi connectivity index (χ0v) is 8.59. The van der Waals surface area contributed by atoms with Crippen molar-refractivity contribution in [3.8, 4) is 0 Å². The van der Waals surface area contributed by atoms with Crippen molar-refractivity contribution in [3.63, 3.8) is 0 Å². The highest BCUT2D eigenvalue weighted by atomic mass is 16.5. The van der Waals surface area contributed by atoms with E-state index in [1.807, 2.05) is 13.2 Å². The topological polar surface area (TPSA) is 21.3 Å². The molecule has 0 aromatic carbocycles.